The molecular formula is C15H13FN2O. The molecule has 0 aliphatic rings. The molecule has 1 N–H and O–H groups in total. The molecule has 0 fully saturated rings. The van der Waals surface area contributed by atoms with Crippen molar-refractivity contribution in [2.24, 2.45) is 0 Å². The minimum Gasteiger partial charge on any atom is -0.305 e. The lowest BCUT2D eigenvalue weighted by molar-refractivity contribution is 0.626. The van der Waals surface area contributed by atoms with E-state index in [1.807, 2.05) is 31.2 Å². The van der Waals surface area contributed by atoms with Gasteiger partial charge in [-0.15, -0.1) is 0 Å². The fraction of sp³-hybridized carbons (Fsp3) is 0.133. The number of hydrogen-bond donors (Lipinski definition) is 1. The Morgan fingerprint density at radius 3 is 2.63 bits per heavy atom. The lowest BCUT2D eigenvalue weighted by Crippen LogP contribution is -2.17. The Morgan fingerprint density at radius 2 is 1.89 bits per heavy atom. The van der Waals surface area contributed by atoms with Gasteiger partial charge >= 0.3 is 5.69 Å². The first-order chi connectivity index (χ1) is 9.15. The Morgan fingerprint density at radius 1 is 1.16 bits per heavy atom. The number of nitrogens with zero attached hydrogens (tertiary/aromatic N) is 1. The topological polar surface area (TPSA) is 37.8 Å². The van der Waals surface area contributed by atoms with Gasteiger partial charge in [0.2, 0.25) is 0 Å². The summed E-state index contributed by atoms with van der Waals surface area (Å²) in [5.74, 6) is -0.386. The average molecular weight is 256 g/mol. The molecule has 0 atom stereocenters. The summed E-state index contributed by atoms with van der Waals surface area (Å²) in [7, 11) is 0. The number of halogens is 1. The summed E-state index contributed by atoms with van der Waals surface area (Å²) in [6, 6.07) is 12.5. The van der Waals surface area contributed by atoms with Crippen LogP contribution in [-0.4, -0.2) is 9.55 Å². The molecule has 0 bridgehead atoms. The lowest BCUT2D eigenvalue weighted by atomic mass is 10.1. The van der Waals surface area contributed by atoms with Gasteiger partial charge in [0, 0.05) is 0 Å². The predicted molar refractivity (Wildman–Crippen MR) is 72.8 cm³/mol. The van der Waals surface area contributed by atoms with Crippen molar-refractivity contribution in [1.82, 2.24) is 9.55 Å². The zero-order valence-corrected chi connectivity index (χ0v) is 10.5. The number of hydrogen-bond acceptors (Lipinski definition) is 1. The first-order valence-corrected chi connectivity index (χ1v) is 6.08. The summed E-state index contributed by atoms with van der Waals surface area (Å²) in [6.07, 6.45) is 0. The van der Waals surface area contributed by atoms with Crippen molar-refractivity contribution < 1.29 is 4.39 Å². The molecule has 0 aliphatic heterocycles. The molecular weight excluding hydrogens is 243 g/mol. The molecule has 3 rings (SSSR count). The summed E-state index contributed by atoms with van der Waals surface area (Å²) < 4.78 is 15.3. The van der Waals surface area contributed by atoms with Gasteiger partial charge < -0.3 is 4.98 Å². The summed E-state index contributed by atoms with van der Waals surface area (Å²) in [6.45, 7) is 2.36. The van der Waals surface area contributed by atoms with Gasteiger partial charge in [0.05, 0.1) is 12.1 Å². The highest BCUT2D eigenvalue weighted by Gasteiger charge is 2.10. The number of benzene rings is 2. The quantitative estimate of drug-likeness (QED) is 0.752. The number of rotatable bonds is 2. The molecule has 0 spiro atoms. The predicted octanol–water partition coefficient (Wildman–Crippen LogP) is 2.83. The molecule has 1 aromatic heterocycles. The second-order valence-electron chi connectivity index (χ2n) is 4.64. The third-order valence-electron chi connectivity index (χ3n) is 3.20. The van der Waals surface area contributed by atoms with Crippen molar-refractivity contribution in [1.29, 1.82) is 0 Å². The Balaban J connectivity index is 2.12. The first-order valence-electron chi connectivity index (χ1n) is 6.08. The zero-order valence-electron chi connectivity index (χ0n) is 10.5. The highest BCUT2D eigenvalue weighted by molar-refractivity contribution is 5.75. The third-order valence-corrected chi connectivity index (χ3v) is 3.20. The maximum atomic E-state index is 13.8. The van der Waals surface area contributed by atoms with Crippen LogP contribution in [0, 0.1) is 12.7 Å². The van der Waals surface area contributed by atoms with Gasteiger partial charge in [0.25, 0.3) is 0 Å². The van der Waals surface area contributed by atoms with Crippen LogP contribution in [0.3, 0.4) is 0 Å². The number of aromatic amines is 1. The van der Waals surface area contributed by atoms with E-state index in [0.717, 1.165) is 11.1 Å². The molecule has 3 aromatic rings. The number of aromatic nitrogens is 2. The molecule has 96 valence electrons. The van der Waals surface area contributed by atoms with E-state index in [-0.39, 0.29) is 11.5 Å². The van der Waals surface area contributed by atoms with Crippen molar-refractivity contribution in [3.63, 3.8) is 0 Å². The van der Waals surface area contributed by atoms with E-state index >= 15 is 0 Å². The standard InChI is InChI=1S/C15H13FN2O/c1-10-5-7-11(8-6-10)9-18-14-12(16)3-2-4-13(14)17-15(18)19/h2-8H,9H2,1H3,(H,17,19). The maximum Gasteiger partial charge on any atom is 0.326 e. The minimum absolute atomic E-state index is 0.291. The molecule has 0 unspecified atom stereocenters. The van der Waals surface area contributed by atoms with Crippen LogP contribution in [0.1, 0.15) is 11.1 Å². The van der Waals surface area contributed by atoms with Crippen molar-refractivity contribution in [2.45, 2.75) is 13.5 Å². The van der Waals surface area contributed by atoms with Crippen molar-refractivity contribution >= 4 is 11.0 Å². The van der Waals surface area contributed by atoms with E-state index < -0.39 is 0 Å². The SMILES string of the molecule is Cc1ccc(Cn2c(=O)[nH]c3cccc(F)c32)cc1. The van der Waals surface area contributed by atoms with E-state index in [9.17, 15) is 9.18 Å². The molecule has 19 heavy (non-hydrogen) atoms. The number of para-hydroxylation sites is 1. The van der Waals surface area contributed by atoms with Gasteiger partial charge in [-0.1, -0.05) is 35.9 Å². The Hall–Kier alpha value is -2.36. The summed E-state index contributed by atoms with van der Waals surface area (Å²) in [5, 5.41) is 0. The monoisotopic (exact) mass is 256 g/mol. The molecule has 0 radical (unpaired) electrons. The number of H-pyrrole nitrogens is 1. The Labute approximate surface area is 109 Å². The first kappa shape index (κ1) is 11.7. The van der Waals surface area contributed by atoms with Crippen LogP contribution in [0.25, 0.3) is 11.0 Å². The van der Waals surface area contributed by atoms with E-state index in [2.05, 4.69) is 4.98 Å². The molecule has 3 nitrogen and oxygen atoms in total. The fourth-order valence-corrected chi connectivity index (χ4v) is 2.20. The molecule has 0 amide bonds. The smallest absolute Gasteiger partial charge is 0.305 e. The van der Waals surface area contributed by atoms with Crippen LogP contribution in [-0.2, 0) is 6.54 Å². The molecule has 0 saturated heterocycles. The van der Waals surface area contributed by atoms with Gasteiger partial charge in [-0.2, -0.15) is 0 Å². The third kappa shape index (κ3) is 2.05. The molecule has 0 aliphatic carbocycles. The van der Waals surface area contributed by atoms with E-state index in [1.54, 1.807) is 12.1 Å². The fourth-order valence-electron chi connectivity index (χ4n) is 2.20. The number of fused-ring (bicyclic) bond motifs is 1. The van der Waals surface area contributed by atoms with Crippen LogP contribution in [0.15, 0.2) is 47.3 Å². The highest BCUT2D eigenvalue weighted by atomic mass is 19.1. The van der Waals surface area contributed by atoms with E-state index in [4.69, 9.17) is 0 Å². The lowest BCUT2D eigenvalue weighted by Gasteiger charge is -2.04. The molecule has 1 heterocycles. The second-order valence-corrected chi connectivity index (χ2v) is 4.64. The van der Waals surface area contributed by atoms with Crippen molar-refractivity contribution in [3.05, 3.63) is 69.9 Å². The Kier molecular flexibility index (Phi) is 2.71. The summed E-state index contributed by atoms with van der Waals surface area (Å²) in [4.78, 5) is 14.6. The van der Waals surface area contributed by atoms with E-state index in [0.29, 0.717) is 17.6 Å². The molecule has 0 saturated carbocycles. The number of aryl methyl sites for hydroxylation is 1. The van der Waals surface area contributed by atoms with E-state index in [1.165, 1.54) is 10.6 Å². The largest absolute Gasteiger partial charge is 0.326 e. The van der Waals surface area contributed by atoms with Crippen LogP contribution in [0.4, 0.5) is 4.39 Å². The maximum absolute atomic E-state index is 13.8. The van der Waals surface area contributed by atoms with Gasteiger partial charge in [-0.05, 0) is 24.6 Å². The Bertz CT molecular complexity index is 784. The van der Waals surface area contributed by atoms with Gasteiger partial charge in [-0.25, -0.2) is 9.18 Å². The van der Waals surface area contributed by atoms with Crippen LogP contribution in [0.2, 0.25) is 0 Å². The van der Waals surface area contributed by atoms with Crippen LogP contribution in [0.5, 0.6) is 0 Å². The summed E-state index contributed by atoms with van der Waals surface area (Å²) in [5.41, 5.74) is 2.68. The van der Waals surface area contributed by atoms with Crippen LogP contribution >= 0.6 is 0 Å². The van der Waals surface area contributed by atoms with Crippen molar-refractivity contribution in [2.75, 3.05) is 0 Å². The second kappa shape index (κ2) is 4.39. The minimum atomic E-state index is -0.386. The number of nitrogens with one attached hydrogen (secondary N) is 1. The van der Waals surface area contributed by atoms with Crippen LogP contribution < -0.4 is 5.69 Å². The van der Waals surface area contributed by atoms with Gasteiger partial charge in [-0.3, -0.25) is 4.57 Å². The zero-order chi connectivity index (χ0) is 13.4. The summed E-state index contributed by atoms with van der Waals surface area (Å²) >= 11 is 0. The number of imidazole rings is 1. The normalized spacial score (nSPS) is 11.1. The van der Waals surface area contributed by atoms with Gasteiger partial charge in [0.1, 0.15) is 11.3 Å². The highest BCUT2D eigenvalue weighted by Crippen LogP contribution is 2.15. The average Bonchev–Trinajstić information content (AvgIpc) is 2.70. The molecule has 4 heteroatoms. The molecule has 2 aromatic carbocycles. The van der Waals surface area contributed by atoms with Gasteiger partial charge in [0.15, 0.2) is 0 Å². The van der Waals surface area contributed by atoms with Crippen molar-refractivity contribution in [3.8, 4) is 0 Å².